The number of fused-ring (bicyclic) bond motifs is 1. The molecule has 2 amide bonds. The molecule has 1 aliphatic heterocycles. The SMILES string of the molecule is COc1cc(OC)cc(C(=O)NCCC(=O)Nc2ccc3c(c2)OCO3)c1. The third-order valence-electron chi connectivity index (χ3n) is 3.91. The first kappa shape index (κ1) is 18.4. The summed E-state index contributed by atoms with van der Waals surface area (Å²) in [4.78, 5) is 24.3. The molecular formula is C19H20N2O6. The lowest BCUT2D eigenvalue weighted by atomic mass is 10.2. The molecule has 0 aliphatic carbocycles. The Morgan fingerprint density at radius 1 is 1.00 bits per heavy atom. The van der Waals surface area contributed by atoms with Gasteiger partial charge in [0.1, 0.15) is 11.5 Å². The molecular weight excluding hydrogens is 352 g/mol. The molecule has 0 atom stereocenters. The molecule has 0 radical (unpaired) electrons. The smallest absolute Gasteiger partial charge is 0.251 e. The fourth-order valence-corrected chi connectivity index (χ4v) is 2.53. The van der Waals surface area contributed by atoms with Crippen LogP contribution in [0.25, 0.3) is 0 Å². The number of carbonyl (C=O) groups is 2. The molecule has 0 saturated carbocycles. The Labute approximate surface area is 156 Å². The number of amides is 2. The van der Waals surface area contributed by atoms with E-state index in [0.717, 1.165) is 0 Å². The number of benzene rings is 2. The zero-order valence-corrected chi connectivity index (χ0v) is 15.0. The van der Waals surface area contributed by atoms with Crippen LogP contribution in [0.5, 0.6) is 23.0 Å². The van der Waals surface area contributed by atoms with Gasteiger partial charge < -0.3 is 29.6 Å². The van der Waals surface area contributed by atoms with Gasteiger partial charge in [-0.25, -0.2) is 0 Å². The molecule has 0 aromatic heterocycles. The highest BCUT2D eigenvalue weighted by atomic mass is 16.7. The summed E-state index contributed by atoms with van der Waals surface area (Å²) >= 11 is 0. The fourth-order valence-electron chi connectivity index (χ4n) is 2.53. The van der Waals surface area contributed by atoms with Crippen molar-refractivity contribution in [2.75, 3.05) is 32.9 Å². The largest absolute Gasteiger partial charge is 0.497 e. The van der Waals surface area contributed by atoms with Gasteiger partial charge in [-0.15, -0.1) is 0 Å². The summed E-state index contributed by atoms with van der Waals surface area (Å²) in [6, 6.07) is 10.0. The van der Waals surface area contributed by atoms with Gasteiger partial charge in [0.15, 0.2) is 11.5 Å². The molecule has 0 saturated heterocycles. The van der Waals surface area contributed by atoms with E-state index in [1.165, 1.54) is 14.2 Å². The second-order valence-electron chi connectivity index (χ2n) is 5.72. The van der Waals surface area contributed by atoms with Crippen molar-refractivity contribution in [3.05, 3.63) is 42.0 Å². The maximum absolute atomic E-state index is 12.3. The monoisotopic (exact) mass is 372 g/mol. The molecule has 8 heteroatoms. The van der Waals surface area contributed by atoms with E-state index in [2.05, 4.69) is 10.6 Å². The summed E-state index contributed by atoms with van der Waals surface area (Å²) in [5, 5.41) is 5.46. The van der Waals surface area contributed by atoms with Gasteiger partial charge in [-0.05, 0) is 24.3 Å². The van der Waals surface area contributed by atoms with E-state index < -0.39 is 0 Å². The van der Waals surface area contributed by atoms with Crippen LogP contribution in [0.2, 0.25) is 0 Å². The summed E-state index contributed by atoms with van der Waals surface area (Å²) < 4.78 is 20.8. The minimum Gasteiger partial charge on any atom is -0.497 e. The minimum atomic E-state index is -0.317. The van der Waals surface area contributed by atoms with Crippen LogP contribution in [0.4, 0.5) is 5.69 Å². The lowest BCUT2D eigenvalue weighted by molar-refractivity contribution is -0.116. The highest BCUT2D eigenvalue weighted by molar-refractivity contribution is 5.96. The number of rotatable bonds is 7. The molecule has 0 unspecified atom stereocenters. The Morgan fingerprint density at radius 2 is 1.70 bits per heavy atom. The third-order valence-corrected chi connectivity index (χ3v) is 3.91. The summed E-state index contributed by atoms with van der Waals surface area (Å²) in [7, 11) is 3.02. The average Bonchev–Trinajstić information content (AvgIpc) is 3.15. The van der Waals surface area contributed by atoms with E-state index in [-0.39, 0.29) is 31.6 Å². The van der Waals surface area contributed by atoms with Crippen LogP contribution >= 0.6 is 0 Å². The molecule has 0 bridgehead atoms. The summed E-state index contributed by atoms with van der Waals surface area (Å²) in [6.45, 7) is 0.364. The average molecular weight is 372 g/mol. The highest BCUT2D eigenvalue weighted by Crippen LogP contribution is 2.34. The second-order valence-corrected chi connectivity index (χ2v) is 5.72. The Kier molecular flexibility index (Phi) is 5.65. The number of hydrogen-bond acceptors (Lipinski definition) is 6. The van der Waals surface area contributed by atoms with Crippen LogP contribution < -0.4 is 29.6 Å². The van der Waals surface area contributed by atoms with Gasteiger partial charge in [0.2, 0.25) is 12.7 Å². The maximum Gasteiger partial charge on any atom is 0.251 e. The normalized spacial score (nSPS) is 11.6. The van der Waals surface area contributed by atoms with Gasteiger partial charge in [0.25, 0.3) is 5.91 Å². The minimum absolute atomic E-state index is 0.126. The molecule has 27 heavy (non-hydrogen) atoms. The van der Waals surface area contributed by atoms with E-state index in [9.17, 15) is 9.59 Å². The lowest BCUT2D eigenvalue weighted by Gasteiger charge is -2.10. The van der Waals surface area contributed by atoms with Crippen LogP contribution in [-0.4, -0.2) is 39.4 Å². The molecule has 0 spiro atoms. The zero-order chi connectivity index (χ0) is 19.2. The molecule has 1 aliphatic rings. The molecule has 0 fully saturated rings. The van der Waals surface area contributed by atoms with Crippen molar-refractivity contribution >= 4 is 17.5 Å². The molecule has 1 heterocycles. The highest BCUT2D eigenvalue weighted by Gasteiger charge is 2.14. The third kappa shape index (κ3) is 4.60. The standard InChI is InChI=1S/C19H20N2O6/c1-24-14-7-12(8-15(10-14)25-2)19(23)20-6-5-18(22)21-13-3-4-16-17(9-13)27-11-26-16/h3-4,7-10H,5-6,11H2,1-2H3,(H,20,23)(H,21,22). The molecule has 142 valence electrons. The Hall–Kier alpha value is -3.42. The molecule has 2 N–H and O–H groups in total. The first-order chi connectivity index (χ1) is 13.1. The number of anilines is 1. The van der Waals surface area contributed by atoms with Gasteiger partial charge in [0.05, 0.1) is 14.2 Å². The van der Waals surface area contributed by atoms with Gasteiger partial charge >= 0.3 is 0 Å². The van der Waals surface area contributed by atoms with Crippen molar-refractivity contribution in [3.63, 3.8) is 0 Å². The van der Waals surface area contributed by atoms with Crippen LogP contribution in [0, 0.1) is 0 Å². The Morgan fingerprint density at radius 3 is 2.41 bits per heavy atom. The summed E-state index contributed by atoms with van der Waals surface area (Å²) in [5.41, 5.74) is 0.996. The van der Waals surface area contributed by atoms with Crippen molar-refractivity contribution in [1.29, 1.82) is 0 Å². The summed E-state index contributed by atoms with van der Waals surface area (Å²) in [5.74, 6) is 1.72. The Balaban J connectivity index is 1.50. The molecule has 8 nitrogen and oxygen atoms in total. The topological polar surface area (TPSA) is 95.1 Å². The number of ether oxygens (including phenoxy) is 4. The molecule has 2 aromatic rings. The second kappa shape index (κ2) is 8.31. The Bertz CT molecular complexity index is 830. The van der Waals surface area contributed by atoms with Crippen molar-refractivity contribution < 1.29 is 28.5 Å². The maximum atomic E-state index is 12.3. The first-order valence-electron chi connectivity index (χ1n) is 8.30. The van der Waals surface area contributed by atoms with Crippen molar-refractivity contribution in [2.24, 2.45) is 0 Å². The number of nitrogens with one attached hydrogen (secondary N) is 2. The van der Waals surface area contributed by atoms with Crippen LogP contribution in [0.3, 0.4) is 0 Å². The summed E-state index contributed by atoms with van der Waals surface area (Å²) in [6.07, 6.45) is 0.126. The van der Waals surface area contributed by atoms with Crippen molar-refractivity contribution in [1.82, 2.24) is 5.32 Å². The van der Waals surface area contributed by atoms with E-state index in [4.69, 9.17) is 18.9 Å². The van der Waals surface area contributed by atoms with Crippen LogP contribution in [0.1, 0.15) is 16.8 Å². The van der Waals surface area contributed by atoms with Crippen LogP contribution in [0.15, 0.2) is 36.4 Å². The first-order valence-corrected chi connectivity index (χ1v) is 8.30. The van der Waals surface area contributed by atoms with E-state index in [1.807, 2.05) is 0 Å². The van der Waals surface area contributed by atoms with E-state index >= 15 is 0 Å². The van der Waals surface area contributed by atoms with Gasteiger partial charge in [0, 0.05) is 36.3 Å². The van der Waals surface area contributed by atoms with Crippen molar-refractivity contribution in [3.8, 4) is 23.0 Å². The van der Waals surface area contributed by atoms with Gasteiger partial charge in [-0.2, -0.15) is 0 Å². The lowest BCUT2D eigenvalue weighted by Crippen LogP contribution is -2.27. The molecule has 2 aromatic carbocycles. The predicted molar refractivity (Wildman–Crippen MR) is 97.7 cm³/mol. The fraction of sp³-hybridized carbons (Fsp3) is 0.263. The van der Waals surface area contributed by atoms with Gasteiger partial charge in [-0.3, -0.25) is 9.59 Å². The quantitative estimate of drug-likeness (QED) is 0.774. The number of hydrogen-bond donors (Lipinski definition) is 2. The van der Waals surface area contributed by atoms with E-state index in [0.29, 0.717) is 34.2 Å². The van der Waals surface area contributed by atoms with Crippen LogP contribution in [-0.2, 0) is 4.79 Å². The van der Waals surface area contributed by atoms with Crippen molar-refractivity contribution in [2.45, 2.75) is 6.42 Å². The molecule has 3 rings (SSSR count). The number of methoxy groups -OCH3 is 2. The zero-order valence-electron chi connectivity index (χ0n) is 15.0. The van der Waals surface area contributed by atoms with E-state index in [1.54, 1.807) is 36.4 Å². The van der Waals surface area contributed by atoms with Gasteiger partial charge in [-0.1, -0.05) is 0 Å². The predicted octanol–water partition coefficient (Wildman–Crippen LogP) is 2.19. The number of carbonyl (C=O) groups excluding carboxylic acids is 2.